The molecule has 0 bridgehead atoms. The first-order valence-corrected chi connectivity index (χ1v) is 13.1. The smallest absolute Gasteiger partial charge is 0.416 e. The van der Waals surface area contributed by atoms with E-state index in [1.807, 2.05) is 26.8 Å². The second-order valence-electron chi connectivity index (χ2n) is 9.68. The van der Waals surface area contributed by atoms with Gasteiger partial charge in [0.05, 0.1) is 35.6 Å². The molecule has 13 heteroatoms. The molecule has 0 aliphatic carbocycles. The lowest BCUT2D eigenvalue weighted by Crippen LogP contribution is -2.25. The van der Waals surface area contributed by atoms with Crippen molar-refractivity contribution in [1.29, 1.82) is 0 Å². The van der Waals surface area contributed by atoms with Crippen molar-refractivity contribution in [1.82, 2.24) is 24.5 Å². The fourth-order valence-corrected chi connectivity index (χ4v) is 4.60. The number of fused-ring (bicyclic) bond motifs is 1. The summed E-state index contributed by atoms with van der Waals surface area (Å²) in [5.74, 6) is -0.227. The number of nitrogens with one attached hydrogen (secondary N) is 2. The molecule has 0 unspecified atom stereocenters. The second kappa shape index (κ2) is 11.5. The van der Waals surface area contributed by atoms with Crippen molar-refractivity contribution in [2.75, 3.05) is 17.7 Å². The predicted octanol–water partition coefficient (Wildman–Crippen LogP) is 5.77. The van der Waals surface area contributed by atoms with Crippen molar-refractivity contribution in [2.45, 2.75) is 33.4 Å². The van der Waals surface area contributed by atoms with E-state index in [1.54, 1.807) is 18.5 Å². The molecule has 1 amide bonds. The van der Waals surface area contributed by atoms with Crippen LogP contribution < -0.4 is 21.1 Å². The summed E-state index contributed by atoms with van der Waals surface area (Å²) in [6.45, 7) is 5.67. The minimum Gasteiger partial charge on any atom is -0.497 e. The Hall–Kier alpha value is -5.33. The van der Waals surface area contributed by atoms with Gasteiger partial charge in [-0.3, -0.25) is 14.3 Å². The molecule has 220 valence electrons. The Labute approximate surface area is 243 Å². The highest BCUT2D eigenvalue weighted by molar-refractivity contribution is 6.04. The first-order valence-electron chi connectivity index (χ1n) is 13.1. The van der Waals surface area contributed by atoms with Crippen molar-refractivity contribution >= 4 is 34.3 Å². The van der Waals surface area contributed by atoms with E-state index in [9.17, 15) is 22.8 Å². The fraction of sp³-hybridized carbons (Fsp3) is 0.200. The van der Waals surface area contributed by atoms with Gasteiger partial charge in [0.2, 0.25) is 5.95 Å². The van der Waals surface area contributed by atoms with Crippen molar-refractivity contribution in [3.05, 3.63) is 99.5 Å². The Morgan fingerprint density at radius 1 is 1.02 bits per heavy atom. The van der Waals surface area contributed by atoms with E-state index in [2.05, 4.69) is 30.6 Å². The van der Waals surface area contributed by atoms with Gasteiger partial charge in [0.1, 0.15) is 5.75 Å². The number of pyridine rings is 1. The van der Waals surface area contributed by atoms with E-state index in [4.69, 9.17) is 4.74 Å². The Morgan fingerprint density at radius 3 is 2.51 bits per heavy atom. The van der Waals surface area contributed by atoms with Gasteiger partial charge in [-0.15, -0.1) is 0 Å². The van der Waals surface area contributed by atoms with Crippen molar-refractivity contribution in [3.8, 4) is 11.4 Å². The minimum atomic E-state index is -4.60. The summed E-state index contributed by atoms with van der Waals surface area (Å²) in [5, 5.41) is 6.23. The van der Waals surface area contributed by atoms with Gasteiger partial charge < -0.3 is 15.4 Å². The number of anilines is 3. The average molecular weight is 590 g/mol. The number of carbonyl (C=O) groups excluding carboxylic acids is 1. The minimum absolute atomic E-state index is 0.184. The summed E-state index contributed by atoms with van der Waals surface area (Å²) in [7, 11) is 1.41. The fourth-order valence-electron chi connectivity index (χ4n) is 4.60. The summed E-state index contributed by atoms with van der Waals surface area (Å²) in [6, 6.07) is 10.6. The molecule has 0 saturated carbocycles. The van der Waals surface area contributed by atoms with E-state index in [-0.39, 0.29) is 22.8 Å². The largest absolute Gasteiger partial charge is 0.497 e. The van der Waals surface area contributed by atoms with Gasteiger partial charge >= 0.3 is 11.9 Å². The third kappa shape index (κ3) is 6.15. The quantitative estimate of drug-likeness (QED) is 0.245. The Morgan fingerprint density at radius 2 is 1.81 bits per heavy atom. The molecule has 2 N–H and O–H groups in total. The Bertz CT molecular complexity index is 1920. The maximum Gasteiger partial charge on any atom is 0.416 e. The van der Waals surface area contributed by atoms with Gasteiger partial charge in [-0.05, 0) is 56.2 Å². The number of methoxy groups -OCH3 is 1. The average Bonchev–Trinajstić information content (AvgIpc) is 2.97. The van der Waals surface area contributed by atoms with Crippen LogP contribution in [0.5, 0.6) is 5.75 Å². The van der Waals surface area contributed by atoms with Gasteiger partial charge in [-0.25, -0.2) is 9.78 Å². The van der Waals surface area contributed by atoms with Crippen LogP contribution in [-0.4, -0.2) is 37.5 Å². The standard InChI is InChI=1S/C30H26F3N7O3/c1-5-25-23-14-35-28(37-24-15-34-17(3)9-16(24)2)38-26(23)39-29(42)40(25)21-11-20(12-22(13-21)43-4)36-27(41)18-7-6-8-19(10-18)30(31,32)33/h6-15H,5H2,1-4H3,(H,36,41)(H,37,38,39,42). The number of aromatic nitrogens is 5. The van der Waals surface area contributed by atoms with E-state index < -0.39 is 23.3 Å². The Balaban J connectivity index is 1.52. The zero-order valence-corrected chi connectivity index (χ0v) is 23.6. The van der Waals surface area contributed by atoms with Crippen LogP contribution in [0.1, 0.15) is 39.8 Å². The van der Waals surface area contributed by atoms with Gasteiger partial charge in [0.15, 0.2) is 5.65 Å². The van der Waals surface area contributed by atoms with E-state index in [1.165, 1.54) is 29.9 Å². The maximum absolute atomic E-state index is 13.4. The third-order valence-electron chi connectivity index (χ3n) is 6.67. The van der Waals surface area contributed by atoms with Crippen molar-refractivity contribution in [3.63, 3.8) is 0 Å². The predicted molar refractivity (Wildman–Crippen MR) is 155 cm³/mol. The molecular weight excluding hydrogens is 563 g/mol. The molecule has 0 spiro atoms. The molecule has 3 aromatic heterocycles. The molecule has 0 atom stereocenters. The highest BCUT2D eigenvalue weighted by Gasteiger charge is 2.31. The van der Waals surface area contributed by atoms with E-state index in [0.717, 1.165) is 29.5 Å². The topological polar surface area (TPSA) is 124 Å². The molecule has 0 aliphatic heterocycles. The van der Waals surface area contributed by atoms with Crippen LogP contribution in [0.15, 0.2) is 65.7 Å². The number of nitrogens with zero attached hydrogens (tertiary/aromatic N) is 5. The molecule has 5 rings (SSSR count). The molecule has 0 saturated heterocycles. The number of carbonyl (C=O) groups is 1. The monoisotopic (exact) mass is 589 g/mol. The number of rotatable bonds is 7. The normalized spacial score (nSPS) is 11.4. The van der Waals surface area contributed by atoms with Crippen LogP contribution in [0.3, 0.4) is 0 Å². The molecule has 3 heterocycles. The van der Waals surface area contributed by atoms with Crippen LogP contribution >= 0.6 is 0 Å². The zero-order chi connectivity index (χ0) is 30.9. The molecule has 43 heavy (non-hydrogen) atoms. The highest BCUT2D eigenvalue weighted by atomic mass is 19.4. The first-order chi connectivity index (χ1) is 20.5. The summed E-state index contributed by atoms with van der Waals surface area (Å²) in [5.41, 5.74) is 2.02. The van der Waals surface area contributed by atoms with Gasteiger partial charge in [0.25, 0.3) is 5.91 Å². The number of benzene rings is 2. The number of alkyl halides is 3. The van der Waals surface area contributed by atoms with E-state index in [0.29, 0.717) is 34.6 Å². The van der Waals surface area contributed by atoms with Gasteiger partial charge in [0, 0.05) is 41.0 Å². The zero-order valence-electron chi connectivity index (χ0n) is 23.6. The van der Waals surface area contributed by atoms with Gasteiger partial charge in [-0.1, -0.05) is 13.0 Å². The van der Waals surface area contributed by atoms with Crippen LogP contribution in [0, 0.1) is 13.8 Å². The molecule has 10 nitrogen and oxygen atoms in total. The van der Waals surface area contributed by atoms with Crippen LogP contribution in [0.4, 0.5) is 30.5 Å². The molecular formula is C30H26F3N7O3. The Kier molecular flexibility index (Phi) is 7.81. The lowest BCUT2D eigenvalue weighted by atomic mass is 10.1. The second-order valence-corrected chi connectivity index (χ2v) is 9.68. The number of aryl methyl sites for hydroxylation is 3. The molecule has 0 fully saturated rings. The summed E-state index contributed by atoms with van der Waals surface area (Å²) in [4.78, 5) is 43.6. The van der Waals surface area contributed by atoms with Crippen molar-refractivity contribution < 1.29 is 22.7 Å². The molecule has 0 radical (unpaired) electrons. The lowest BCUT2D eigenvalue weighted by Gasteiger charge is -2.16. The number of hydrogen-bond donors (Lipinski definition) is 2. The number of ether oxygens (including phenoxy) is 1. The molecule has 0 aliphatic rings. The molecule has 5 aromatic rings. The third-order valence-corrected chi connectivity index (χ3v) is 6.67. The first kappa shape index (κ1) is 29.2. The lowest BCUT2D eigenvalue weighted by molar-refractivity contribution is -0.137. The van der Waals surface area contributed by atoms with Gasteiger partial charge in [-0.2, -0.15) is 23.1 Å². The van der Waals surface area contributed by atoms with Crippen LogP contribution in [-0.2, 0) is 12.6 Å². The number of amides is 1. The highest BCUT2D eigenvalue weighted by Crippen LogP contribution is 2.30. The van der Waals surface area contributed by atoms with Crippen LogP contribution in [0.2, 0.25) is 0 Å². The van der Waals surface area contributed by atoms with Crippen LogP contribution in [0.25, 0.3) is 16.7 Å². The summed E-state index contributed by atoms with van der Waals surface area (Å²) < 4.78 is 46.2. The number of hydrogen-bond acceptors (Lipinski definition) is 8. The summed E-state index contributed by atoms with van der Waals surface area (Å²) in [6.07, 6.45) is -0.959. The summed E-state index contributed by atoms with van der Waals surface area (Å²) >= 11 is 0. The SMILES string of the molecule is CCc1c2cnc(Nc3cnc(C)cc3C)nc2nc(=O)n1-c1cc(NC(=O)c2cccc(C(F)(F)F)c2)cc(OC)c1. The van der Waals surface area contributed by atoms with Crippen molar-refractivity contribution in [2.24, 2.45) is 0 Å². The maximum atomic E-state index is 13.4. The van der Waals surface area contributed by atoms with E-state index >= 15 is 0 Å². The molecule has 2 aromatic carbocycles. The number of halogens is 3.